The number of phenolic OH excluding ortho intramolecular Hbond substituents is 1. The van der Waals surface area contributed by atoms with Crippen molar-refractivity contribution in [3.63, 3.8) is 0 Å². The fourth-order valence-electron chi connectivity index (χ4n) is 2.55. The average molecular weight is 254 g/mol. The molecule has 0 amide bonds. The molecular formula is C18H22O. The normalized spacial score (nSPS) is 10.7. The predicted molar refractivity (Wildman–Crippen MR) is 80.9 cm³/mol. The summed E-state index contributed by atoms with van der Waals surface area (Å²) in [5.41, 5.74) is 7.43. The van der Waals surface area contributed by atoms with E-state index in [9.17, 15) is 5.11 Å². The standard InChI is InChI=1S/C18H22O/c1-5-15-7-6-8-16(10-15)11-17-12(2)9-18(19)14(4)13(17)3/h6-10,19H,5,11H2,1-4H3. The van der Waals surface area contributed by atoms with Crippen molar-refractivity contribution in [3.05, 3.63) is 63.7 Å². The van der Waals surface area contributed by atoms with Crippen molar-refractivity contribution in [2.75, 3.05) is 0 Å². The van der Waals surface area contributed by atoms with Gasteiger partial charge in [-0.05, 0) is 73.1 Å². The summed E-state index contributed by atoms with van der Waals surface area (Å²) in [6, 6.07) is 10.6. The van der Waals surface area contributed by atoms with Crippen molar-refractivity contribution in [1.82, 2.24) is 0 Å². The zero-order valence-corrected chi connectivity index (χ0v) is 12.2. The number of hydrogen-bond donors (Lipinski definition) is 1. The largest absolute Gasteiger partial charge is 0.508 e. The maximum atomic E-state index is 9.85. The third-order valence-electron chi connectivity index (χ3n) is 4.01. The molecule has 0 aliphatic rings. The van der Waals surface area contributed by atoms with Gasteiger partial charge in [0.25, 0.3) is 0 Å². The maximum absolute atomic E-state index is 9.85. The van der Waals surface area contributed by atoms with Crippen LogP contribution in [0.4, 0.5) is 0 Å². The predicted octanol–water partition coefficient (Wildman–Crippen LogP) is 4.47. The van der Waals surface area contributed by atoms with Crippen LogP contribution in [0.3, 0.4) is 0 Å². The summed E-state index contributed by atoms with van der Waals surface area (Å²) in [6.07, 6.45) is 2.01. The van der Waals surface area contributed by atoms with E-state index < -0.39 is 0 Å². The van der Waals surface area contributed by atoms with Gasteiger partial charge in [0.2, 0.25) is 0 Å². The number of aryl methyl sites for hydroxylation is 2. The lowest BCUT2D eigenvalue weighted by atomic mass is 9.92. The van der Waals surface area contributed by atoms with Crippen molar-refractivity contribution < 1.29 is 5.11 Å². The molecule has 0 spiro atoms. The number of rotatable bonds is 3. The maximum Gasteiger partial charge on any atom is 0.119 e. The van der Waals surface area contributed by atoms with Crippen molar-refractivity contribution in [2.24, 2.45) is 0 Å². The molecule has 0 aliphatic carbocycles. The van der Waals surface area contributed by atoms with E-state index in [4.69, 9.17) is 0 Å². The minimum absolute atomic E-state index is 0.404. The Morgan fingerprint density at radius 2 is 1.63 bits per heavy atom. The van der Waals surface area contributed by atoms with E-state index in [1.165, 1.54) is 27.8 Å². The lowest BCUT2D eigenvalue weighted by Crippen LogP contribution is -1.99. The lowest BCUT2D eigenvalue weighted by molar-refractivity contribution is 0.469. The van der Waals surface area contributed by atoms with E-state index >= 15 is 0 Å². The third-order valence-corrected chi connectivity index (χ3v) is 4.01. The molecule has 0 radical (unpaired) electrons. The Balaban J connectivity index is 2.40. The van der Waals surface area contributed by atoms with E-state index in [2.05, 4.69) is 45.0 Å². The Labute approximate surface area is 115 Å². The molecule has 0 bridgehead atoms. The van der Waals surface area contributed by atoms with Crippen molar-refractivity contribution in [3.8, 4) is 5.75 Å². The van der Waals surface area contributed by atoms with Gasteiger partial charge in [-0.2, -0.15) is 0 Å². The summed E-state index contributed by atoms with van der Waals surface area (Å²) in [5, 5.41) is 9.85. The minimum Gasteiger partial charge on any atom is -0.508 e. The van der Waals surface area contributed by atoms with Crippen LogP contribution in [0.25, 0.3) is 0 Å². The summed E-state index contributed by atoms with van der Waals surface area (Å²) in [7, 11) is 0. The monoisotopic (exact) mass is 254 g/mol. The van der Waals surface area contributed by atoms with Crippen LogP contribution >= 0.6 is 0 Å². The highest BCUT2D eigenvalue weighted by Crippen LogP contribution is 2.28. The highest BCUT2D eigenvalue weighted by molar-refractivity contribution is 5.49. The van der Waals surface area contributed by atoms with Crippen LogP contribution in [0, 0.1) is 20.8 Å². The Morgan fingerprint density at radius 1 is 0.947 bits per heavy atom. The molecule has 1 N–H and O–H groups in total. The van der Waals surface area contributed by atoms with Crippen LogP contribution in [0.5, 0.6) is 5.75 Å². The van der Waals surface area contributed by atoms with E-state index in [0.717, 1.165) is 18.4 Å². The molecule has 2 aromatic rings. The SMILES string of the molecule is CCc1cccc(Cc2c(C)cc(O)c(C)c2C)c1. The topological polar surface area (TPSA) is 20.2 Å². The zero-order chi connectivity index (χ0) is 14.0. The summed E-state index contributed by atoms with van der Waals surface area (Å²) < 4.78 is 0. The van der Waals surface area contributed by atoms with Gasteiger partial charge in [0.15, 0.2) is 0 Å². The van der Waals surface area contributed by atoms with Crippen LogP contribution in [-0.4, -0.2) is 5.11 Å². The second-order valence-corrected chi connectivity index (χ2v) is 5.29. The molecule has 0 aliphatic heterocycles. The van der Waals surface area contributed by atoms with Crippen LogP contribution in [0.2, 0.25) is 0 Å². The Bertz CT molecular complexity index is 597. The number of benzene rings is 2. The molecule has 1 heteroatoms. The van der Waals surface area contributed by atoms with E-state index in [0.29, 0.717) is 5.75 Å². The van der Waals surface area contributed by atoms with Crippen LogP contribution in [0.15, 0.2) is 30.3 Å². The van der Waals surface area contributed by atoms with Gasteiger partial charge in [-0.25, -0.2) is 0 Å². The molecule has 0 atom stereocenters. The molecule has 100 valence electrons. The fraction of sp³-hybridized carbons (Fsp3) is 0.333. The van der Waals surface area contributed by atoms with E-state index in [-0.39, 0.29) is 0 Å². The van der Waals surface area contributed by atoms with Gasteiger partial charge in [0.1, 0.15) is 5.75 Å². The Hall–Kier alpha value is -1.76. The van der Waals surface area contributed by atoms with Gasteiger partial charge in [0, 0.05) is 0 Å². The highest BCUT2D eigenvalue weighted by Gasteiger charge is 2.10. The molecular weight excluding hydrogens is 232 g/mol. The summed E-state index contributed by atoms with van der Waals surface area (Å²) >= 11 is 0. The van der Waals surface area contributed by atoms with Gasteiger partial charge in [-0.1, -0.05) is 31.2 Å². The molecule has 2 rings (SSSR count). The fourth-order valence-corrected chi connectivity index (χ4v) is 2.55. The minimum atomic E-state index is 0.404. The van der Waals surface area contributed by atoms with Crippen molar-refractivity contribution in [2.45, 2.75) is 40.5 Å². The summed E-state index contributed by atoms with van der Waals surface area (Å²) in [4.78, 5) is 0. The Kier molecular flexibility index (Phi) is 3.94. The van der Waals surface area contributed by atoms with Crippen LogP contribution in [-0.2, 0) is 12.8 Å². The average Bonchev–Trinajstić information content (AvgIpc) is 2.41. The van der Waals surface area contributed by atoms with Crippen molar-refractivity contribution >= 4 is 0 Å². The number of phenols is 1. The van der Waals surface area contributed by atoms with Gasteiger partial charge in [-0.15, -0.1) is 0 Å². The molecule has 0 aromatic heterocycles. The molecule has 0 unspecified atom stereocenters. The van der Waals surface area contributed by atoms with Gasteiger partial charge in [-0.3, -0.25) is 0 Å². The van der Waals surface area contributed by atoms with E-state index in [1.54, 1.807) is 0 Å². The van der Waals surface area contributed by atoms with Gasteiger partial charge < -0.3 is 5.11 Å². The quantitative estimate of drug-likeness (QED) is 0.856. The summed E-state index contributed by atoms with van der Waals surface area (Å²) in [6.45, 7) is 8.34. The molecule has 0 saturated heterocycles. The first-order valence-electron chi connectivity index (χ1n) is 6.89. The molecule has 2 aromatic carbocycles. The third kappa shape index (κ3) is 2.81. The smallest absolute Gasteiger partial charge is 0.119 e. The Morgan fingerprint density at radius 3 is 2.32 bits per heavy atom. The number of aromatic hydroxyl groups is 1. The molecule has 0 saturated carbocycles. The van der Waals surface area contributed by atoms with Gasteiger partial charge >= 0.3 is 0 Å². The number of hydrogen-bond acceptors (Lipinski definition) is 1. The first-order valence-corrected chi connectivity index (χ1v) is 6.89. The summed E-state index contributed by atoms with van der Waals surface area (Å²) in [5.74, 6) is 0.404. The molecule has 0 heterocycles. The highest BCUT2D eigenvalue weighted by atomic mass is 16.3. The second kappa shape index (κ2) is 5.48. The molecule has 1 nitrogen and oxygen atoms in total. The van der Waals surface area contributed by atoms with Crippen LogP contribution < -0.4 is 0 Å². The lowest BCUT2D eigenvalue weighted by Gasteiger charge is -2.14. The van der Waals surface area contributed by atoms with Gasteiger partial charge in [0.05, 0.1) is 0 Å². The van der Waals surface area contributed by atoms with E-state index in [1.807, 2.05) is 13.0 Å². The second-order valence-electron chi connectivity index (χ2n) is 5.29. The van der Waals surface area contributed by atoms with Crippen molar-refractivity contribution in [1.29, 1.82) is 0 Å². The first kappa shape index (κ1) is 13.7. The molecule has 19 heavy (non-hydrogen) atoms. The molecule has 0 fully saturated rings. The zero-order valence-electron chi connectivity index (χ0n) is 12.2. The van der Waals surface area contributed by atoms with Crippen LogP contribution in [0.1, 0.15) is 40.3 Å². The first-order chi connectivity index (χ1) is 9.02.